The summed E-state index contributed by atoms with van der Waals surface area (Å²) in [6.07, 6.45) is 0.621. The van der Waals surface area contributed by atoms with Crippen LogP contribution in [0.5, 0.6) is 0 Å². The lowest BCUT2D eigenvalue weighted by Crippen LogP contribution is -2.38. The maximum Gasteiger partial charge on any atom is 0.303 e. The molecule has 1 unspecified atom stereocenters. The highest BCUT2D eigenvalue weighted by Crippen LogP contribution is 2.26. The van der Waals surface area contributed by atoms with Crippen molar-refractivity contribution in [1.29, 1.82) is 0 Å². The molecule has 1 amide bonds. The Hall–Kier alpha value is -1.06. The first kappa shape index (κ1) is 14.9. The minimum absolute atomic E-state index is 0.0534. The Kier molecular flexibility index (Phi) is 5.48. The number of aliphatic carboxylic acids is 1. The summed E-state index contributed by atoms with van der Waals surface area (Å²) in [7, 11) is 1.73. The Morgan fingerprint density at radius 3 is 2.19 bits per heavy atom. The summed E-state index contributed by atoms with van der Waals surface area (Å²) in [4.78, 5) is 23.9. The molecule has 0 saturated carbocycles. The van der Waals surface area contributed by atoms with Gasteiger partial charge in [0.15, 0.2) is 0 Å². The number of hydrogen-bond acceptors (Lipinski definition) is 2. The molecule has 0 fully saturated rings. The first-order chi connectivity index (χ1) is 7.16. The van der Waals surface area contributed by atoms with Crippen LogP contribution in [0.15, 0.2) is 0 Å². The Balaban J connectivity index is 4.14. The second kappa shape index (κ2) is 5.87. The molecule has 0 spiro atoms. The topological polar surface area (TPSA) is 57.6 Å². The molecule has 1 N–H and O–H groups in total. The van der Waals surface area contributed by atoms with Gasteiger partial charge in [0.05, 0.1) is 0 Å². The third-order valence-corrected chi connectivity index (χ3v) is 2.93. The van der Waals surface area contributed by atoms with Gasteiger partial charge in [-0.15, -0.1) is 0 Å². The monoisotopic (exact) mass is 229 g/mol. The fraction of sp³-hybridized carbons (Fsp3) is 0.833. The van der Waals surface area contributed by atoms with E-state index in [4.69, 9.17) is 5.11 Å². The molecular weight excluding hydrogens is 206 g/mol. The fourth-order valence-corrected chi connectivity index (χ4v) is 1.28. The van der Waals surface area contributed by atoms with Crippen molar-refractivity contribution in [3.8, 4) is 0 Å². The molecule has 0 aromatic rings. The number of carboxylic acids is 1. The van der Waals surface area contributed by atoms with Gasteiger partial charge in [-0.25, -0.2) is 0 Å². The average molecular weight is 229 g/mol. The van der Waals surface area contributed by atoms with E-state index >= 15 is 0 Å². The number of carbonyl (C=O) groups is 2. The Bertz CT molecular complexity index is 255. The maximum atomic E-state index is 11.9. The van der Waals surface area contributed by atoms with Crippen LogP contribution in [-0.2, 0) is 9.59 Å². The molecule has 0 aromatic heterocycles. The smallest absolute Gasteiger partial charge is 0.303 e. The lowest BCUT2D eigenvalue weighted by molar-refractivity contribution is -0.139. The first-order valence-electron chi connectivity index (χ1n) is 5.63. The molecule has 0 rings (SSSR count). The number of nitrogens with zero attached hydrogens (tertiary/aromatic N) is 1. The molecule has 4 nitrogen and oxygen atoms in total. The van der Waals surface area contributed by atoms with Crippen molar-refractivity contribution in [2.45, 2.75) is 40.5 Å². The van der Waals surface area contributed by atoms with Crippen molar-refractivity contribution in [1.82, 2.24) is 4.90 Å². The van der Waals surface area contributed by atoms with E-state index in [1.54, 1.807) is 11.9 Å². The van der Waals surface area contributed by atoms with Crippen molar-refractivity contribution in [3.63, 3.8) is 0 Å². The lowest BCUT2D eigenvalue weighted by Gasteiger charge is -2.30. The average Bonchev–Trinajstić information content (AvgIpc) is 2.13. The van der Waals surface area contributed by atoms with Gasteiger partial charge < -0.3 is 10.0 Å². The third kappa shape index (κ3) is 5.14. The van der Waals surface area contributed by atoms with Crippen LogP contribution in [0.25, 0.3) is 0 Å². The number of carbonyl (C=O) groups excluding carboxylic acids is 1. The van der Waals surface area contributed by atoms with Crippen LogP contribution in [0, 0.1) is 11.3 Å². The predicted octanol–water partition coefficient (Wildman–Crippen LogP) is 1.99. The Morgan fingerprint density at radius 2 is 1.81 bits per heavy atom. The van der Waals surface area contributed by atoms with Crippen molar-refractivity contribution >= 4 is 11.9 Å². The summed E-state index contributed by atoms with van der Waals surface area (Å²) < 4.78 is 0. The van der Waals surface area contributed by atoms with Gasteiger partial charge in [0, 0.05) is 25.9 Å². The fourth-order valence-electron chi connectivity index (χ4n) is 1.28. The molecular formula is C12H23NO3. The number of rotatable bonds is 5. The van der Waals surface area contributed by atoms with E-state index in [0.29, 0.717) is 13.0 Å². The Labute approximate surface area is 97.6 Å². The largest absolute Gasteiger partial charge is 0.481 e. The standard InChI is InChI=1S/C12H23NO3/c1-9(12(2,3)4)11(16)13(5)8-6-7-10(14)15/h9H,6-8H2,1-5H3,(H,14,15). The quantitative estimate of drug-likeness (QED) is 0.784. The summed E-state index contributed by atoms with van der Waals surface area (Å²) in [5.41, 5.74) is -0.0574. The SMILES string of the molecule is CC(C(=O)N(C)CCCC(=O)O)C(C)(C)C. The minimum atomic E-state index is -0.815. The molecule has 0 aromatic carbocycles. The highest BCUT2D eigenvalue weighted by Gasteiger charge is 2.28. The molecule has 0 saturated heterocycles. The molecule has 0 aliphatic heterocycles. The number of hydrogen-bond donors (Lipinski definition) is 1. The highest BCUT2D eigenvalue weighted by atomic mass is 16.4. The van der Waals surface area contributed by atoms with E-state index in [0.717, 1.165) is 0 Å². The molecule has 94 valence electrons. The molecule has 0 radical (unpaired) electrons. The zero-order chi connectivity index (χ0) is 12.9. The number of carboxylic acid groups (broad SMARTS) is 1. The van der Waals surface area contributed by atoms with Gasteiger partial charge >= 0.3 is 5.97 Å². The van der Waals surface area contributed by atoms with Gasteiger partial charge in [-0.1, -0.05) is 27.7 Å². The first-order valence-corrected chi connectivity index (χ1v) is 5.63. The molecule has 0 aliphatic rings. The van der Waals surface area contributed by atoms with Crippen LogP contribution < -0.4 is 0 Å². The van der Waals surface area contributed by atoms with E-state index in [-0.39, 0.29) is 23.7 Å². The van der Waals surface area contributed by atoms with Crippen molar-refractivity contribution in [2.24, 2.45) is 11.3 Å². The van der Waals surface area contributed by atoms with Crippen LogP contribution in [0.3, 0.4) is 0 Å². The van der Waals surface area contributed by atoms with E-state index in [2.05, 4.69) is 0 Å². The molecule has 16 heavy (non-hydrogen) atoms. The van der Waals surface area contributed by atoms with Crippen LogP contribution in [-0.4, -0.2) is 35.5 Å². The van der Waals surface area contributed by atoms with Crippen molar-refractivity contribution in [2.75, 3.05) is 13.6 Å². The van der Waals surface area contributed by atoms with Crippen molar-refractivity contribution < 1.29 is 14.7 Å². The van der Waals surface area contributed by atoms with E-state index in [9.17, 15) is 9.59 Å². The number of amides is 1. The van der Waals surface area contributed by atoms with E-state index in [1.807, 2.05) is 27.7 Å². The second-order valence-corrected chi connectivity index (χ2v) is 5.34. The zero-order valence-electron chi connectivity index (χ0n) is 10.9. The lowest BCUT2D eigenvalue weighted by atomic mass is 9.81. The van der Waals surface area contributed by atoms with E-state index < -0.39 is 5.97 Å². The van der Waals surface area contributed by atoms with Gasteiger partial charge in [-0.05, 0) is 11.8 Å². The van der Waals surface area contributed by atoms with Gasteiger partial charge in [-0.2, -0.15) is 0 Å². The van der Waals surface area contributed by atoms with Crippen LogP contribution in [0.4, 0.5) is 0 Å². The van der Waals surface area contributed by atoms with Crippen LogP contribution in [0.2, 0.25) is 0 Å². The zero-order valence-corrected chi connectivity index (χ0v) is 10.9. The summed E-state index contributed by atoms with van der Waals surface area (Å²) >= 11 is 0. The molecule has 4 heteroatoms. The molecule has 0 heterocycles. The van der Waals surface area contributed by atoms with Gasteiger partial charge in [0.1, 0.15) is 0 Å². The molecule has 1 atom stereocenters. The summed E-state index contributed by atoms with van der Waals surface area (Å²) in [6, 6.07) is 0. The van der Waals surface area contributed by atoms with Crippen LogP contribution in [0.1, 0.15) is 40.5 Å². The maximum absolute atomic E-state index is 11.9. The van der Waals surface area contributed by atoms with Crippen molar-refractivity contribution in [3.05, 3.63) is 0 Å². The molecule has 0 aliphatic carbocycles. The van der Waals surface area contributed by atoms with E-state index in [1.165, 1.54) is 0 Å². The summed E-state index contributed by atoms with van der Waals surface area (Å²) in [5, 5.41) is 8.50. The summed E-state index contributed by atoms with van der Waals surface area (Å²) in [6.45, 7) is 8.50. The Morgan fingerprint density at radius 1 is 1.31 bits per heavy atom. The molecule has 0 bridgehead atoms. The third-order valence-electron chi connectivity index (χ3n) is 2.93. The van der Waals surface area contributed by atoms with Crippen LogP contribution >= 0.6 is 0 Å². The predicted molar refractivity (Wildman–Crippen MR) is 63.1 cm³/mol. The van der Waals surface area contributed by atoms with Gasteiger partial charge in [0.25, 0.3) is 0 Å². The van der Waals surface area contributed by atoms with Gasteiger partial charge in [0.2, 0.25) is 5.91 Å². The normalized spacial score (nSPS) is 13.3. The summed E-state index contributed by atoms with van der Waals surface area (Å²) in [5.74, 6) is -0.787. The highest BCUT2D eigenvalue weighted by molar-refractivity contribution is 5.79. The second-order valence-electron chi connectivity index (χ2n) is 5.34. The minimum Gasteiger partial charge on any atom is -0.481 e. The van der Waals surface area contributed by atoms with Gasteiger partial charge in [-0.3, -0.25) is 9.59 Å².